The monoisotopic (exact) mass is 420 g/mol. The number of carboxylic acids is 1. The number of alkyl carbamates (subject to hydrolysis) is 1. The Hall–Kier alpha value is -3.61. The van der Waals surface area contributed by atoms with Crippen molar-refractivity contribution >= 4 is 12.1 Å². The molecule has 0 fully saturated rings. The van der Waals surface area contributed by atoms with Gasteiger partial charge in [-0.15, -0.1) is 0 Å². The van der Waals surface area contributed by atoms with Crippen molar-refractivity contribution < 1.29 is 23.8 Å². The molecule has 31 heavy (non-hydrogen) atoms. The van der Waals surface area contributed by atoms with Crippen LogP contribution in [-0.4, -0.2) is 28.8 Å². The Bertz CT molecular complexity index is 1050. The number of carboxylic acid groups (broad SMARTS) is 1. The van der Waals surface area contributed by atoms with Crippen molar-refractivity contribution in [1.82, 2.24) is 10.3 Å². The van der Waals surface area contributed by atoms with Gasteiger partial charge in [-0.05, 0) is 28.7 Å². The van der Waals surface area contributed by atoms with Crippen molar-refractivity contribution in [2.75, 3.05) is 6.61 Å². The molecule has 1 heterocycles. The molecule has 0 spiro atoms. The highest BCUT2D eigenvalue weighted by Crippen LogP contribution is 2.44. The Kier molecular flexibility index (Phi) is 6.02. The van der Waals surface area contributed by atoms with Gasteiger partial charge in [0.1, 0.15) is 18.9 Å². The number of benzene rings is 2. The fourth-order valence-electron chi connectivity index (χ4n) is 3.99. The van der Waals surface area contributed by atoms with E-state index in [1.54, 1.807) is 0 Å². The average molecular weight is 420 g/mol. The van der Waals surface area contributed by atoms with Gasteiger partial charge in [-0.1, -0.05) is 68.3 Å². The quantitative estimate of drug-likeness (QED) is 0.523. The molecule has 1 aliphatic rings. The minimum absolute atomic E-state index is 0.0346. The van der Waals surface area contributed by atoms with Crippen molar-refractivity contribution in [1.29, 1.82) is 0 Å². The highest BCUT2D eigenvalue weighted by Gasteiger charge is 2.29. The summed E-state index contributed by atoms with van der Waals surface area (Å²) in [5, 5.41) is 11.9. The number of unbranched alkanes of at least 4 members (excludes halogenated alkanes) is 1. The third-order valence-corrected chi connectivity index (χ3v) is 5.52. The molecular weight excluding hydrogens is 396 g/mol. The Morgan fingerprint density at radius 3 is 2.35 bits per heavy atom. The van der Waals surface area contributed by atoms with Crippen molar-refractivity contribution in [2.24, 2.45) is 0 Å². The van der Waals surface area contributed by atoms with Gasteiger partial charge >= 0.3 is 12.1 Å². The van der Waals surface area contributed by atoms with Crippen molar-refractivity contribution in [3.05, 3.63) is 77.5 Å². The standard InChI is InChI=1S/C24H24N2O5/c1-2-3-12-20(22-25-21(14-30-22)23(27)28)26-24(29)31-13-19-17-10-6-4-8-15(17)16-9-5-7-11-18(16)19/h4-11,14,19-20H,2-3,12-13H2,1H3,(H,26,29)(H,27,28)/t20-/m1/s1. The molecule has 1 aliphatic carbocycles. The second-order valence-electron chi connectivity index (χ2n) is 7.54. The van der Waals surface area contributed by atoms with Crippen LogP contribution in [0.4, 0.5) is 4.79 Å². The summed E-state index contributed by atoms with van der Waals surface area (Å²) in [6.45, 7) is 2.23. The number of amides is 1. The van der Waals surface area contributed by atoms with Gasteiger partial charge in [-0.2, -0.15) is 0 Å². The lowest BCUT2D eigenvalue weighted by Gasteiger charge is -2.18. The summed E-state index contributed by atoms with van der Waals surface area (Å²) in [5.41, 5.74) is 4.41. The number of rotatable bonds is 8. The van der Waals surface area contributed by atoms with Crippen molar-refractivity contribution in [2.45, 2.75) is 38.1 Å². The first kappa shape index (κ1) is 20.7. The summed E-state index contributed by atoms with van der Waals surface area (Å²) < 4.78 is 10.9. The molecule has 3 aromatic rings. The smallest absolute Gasteiger partial charge is 0.407 e. The number of aromatic nitrogens is 1. The maximum atomic E-state index is 12.6. The maximum absolute atomic E-state index is 12.6. The van der Waals surface area contributed by atoms with Crippen molar-refractivity contribution in [3.63, 3.8) is 0 Å². The minimum atomic E-state index is -1.18. The molecule has 0 aliphatic heterocycles. The molecule has 2 aromatic carbocycles. The second kappa shape index (κ2) is 9.04. The zero-order valence-corrected chi connectivity index (χ0v) is 17.2. The summed E-state index contributed by atoms with van der Waals surface area (Å²) >= 11 is 0. The van der Waals surface area contributed by atoms with Crippen LogP contribution in [0.25, 0.3) is 11.1 Å². The van der Waals surface area contributed by atoms with E-state index in [0.717, 1.165) is 41.4 Å². The van der Waals surface area contributed by atoms with Gasteiger partial charge < -0.3 is 19.6 Å². The topological polar surface area (TPSA) is 102 Å². The fourth-order valence-corrected chi connectivity index (χ4v) is 3.99. The fraction of sp³-hybridized carbons (Fsp3) is 0.292. The Balaban J connectivity index is 1.45. The largest absolute Gasteiger partial charge is 0.476 e. The number of fused-ring (bicyclic) bond motifs is 3. The lowest BCUT2D eigenvalue weighted by atomic mass is 9.98. The van der Waals surface area contributed by atoms with E-state index in [4.69, 9.17) is 14.3 Å². The number of oxazole rings is 1. The van der Waals surface area contributed by atoms with E-state index in [9.17, 15) is 9.59 Å². The predicted molar refractivity (Wildman–Crippen MR) is 114 cm³/mol. The van der Waals surface area contributed by atoms with Crippen LogP contribution in [0.1, 0.15) is 65.7 Å². The number of nitrogens with zero attached hydrogens (tertiary/aromatic N) is 1. The van der Waals surface area contributed by atoms with Crippen LogP contribution < -0.4 is 5.32 Å². The van der Waals surface area contributed by atoms with Crippen LogP contribution in [0.3, 0.4) is 0 Å². The van der Waals surface area contributed by atoms with Crippen LogP contribution in [0, 0.1) is 0 Å². The van der Waals surface area contributed by atoms with E-state index in [2.05, 4.69) is 34.6 Å². The summed E-state index contributed by atoms with van der Waals surface area (Å²) in [6.07, 6.45) is 2.79. The SMILES string of the molecule is CCCC[C@@H](NC(=O)OCC1c2ccccc2-c2ccccc21)c1nc(C(=O)O)co1. The Morgan fingerprint density at radius 2 is 1.77 bits per heavy atom. The zero-order chi connectivity index (χ0) is 21.8. The number of aromatic carboxylic acids is 1. The van der Waals surface area contributed by atoms with Gasteiger partial charge in [-0.3, -0.25) is 0 Å². The molecule has 0 unspecified atom stereocenters. The van der Waals surface area contributed by atoms with E-state index < -0.39 is 18.1 Å². The molecule has 0 saturated heterocycles. The van der Waals surface area contributed by atoms with Gasteiger partial charge in [0.2, 0.25) is 5.89 Å². The van der Waals surface area contributed by atoms with Gasteiger partial charge in [0.05, 0.1) is 0 Å². The molecule has 160 valence electrons. The molecule has 4 rings (SSSR count). The molecule has 1 amide bonds. The highest BCUT2D eigenvalue weighted by molar-refractivity contribution is 5.84. The van der Waals surface area contributed by atoms with Crippen LogP contribution >= 0.6 is 0 Å². The number of hydrogen-bond acceptors (Lipinski definition) is 5. The van der Waals surface area contributed by atoms with Gasteiger partial charge in [-0.25, -0.2) is 14.6 Å². The van der Waals surface area contributed by atoms with Crippen LogP contribution in [0.5, 0.6) is 0 Å². The summed E-state index contributed by atoms with van der Waals surface area (Å²) in [5.74, 6) is -1.04. The average Bonchev–Trinajstić information content (AvgIpc) is 3.39. The van der Waals surface area contributed by atoms with E-state index in [0.29, 0.717) is 6.42 Å². The normalized spacial score (nSPS) is 13.3. The molecule has 7 heteroatoms. The molecule has 1 aromatic heterocycles. The van der Waals surface area contributed by atoms with Gasteiger partial charge in [0, 0.05) is 5.92 Å². The minimum Gasteiger partial charge on any atom is -0.476 e. The first-order valence-electron chi connectivity index (χ1n) is 10.4. The first-order chi connectivity index (χ1) is 15.1. The van der Waals surface area contributed by atoms with Crippen molar-refractivity contribution in [3.8, 4) is 11.1 Å². The summed E-state index contributed by atoms with van der Waals surface area (Å²) in [6, 6.07) is 15.7. The van der Waals surface area contributed by atoms with E-state index >= 15 is 0 Å². The third kappa shape index (κ3) is 4.30. The molecular formula is C24H24N2O5. The Morgan fingerprint density at radius 1 is 1.13 bits per heavy atom. The number of carbonyl (C=O) groups is 2. The van der Waals surface area contributed by atoms with Gasteiger partial charge in [0.25, 0.3) is 0 Å². The van der Waals surface area contributed by atoms with E-state index in [1.165, 1.54) is 0 Å². The van der Waals surface area contributed by atoms with E-state index in [1.807, 2.05) is 31.2 Å². The summed E-state index contributed by atoms with van der Waals surface area (Å²) in [4.78, 5) is 27.7. The van der Waals surface area contributed by atoms with Crippen LogP contribution in [-0.2, 0) is 4.74 Å². The molecule has 1 atom stereocenters. The number of ether oxygens (including phenoxy) is 1. The second-order valence-corrected chi connectivity index (χ2v) is 7.54. The lowest BCUT2D eigenvalue weighted by molar-refractivity contribution is 0.0690. The lowest BCUT2D eigenvalue weighted by Crippen LogP contribution is -2.30. The Labute approximate surface area is 180 Å². The zero-order valence-electron chi connectivity index (χ0n) is 17.2. The number of nitrogens with one attached hydrogen (secondary N) is 1. The molecule has 7 nitrogen and oxygen atoms in total. The molecule has 0 saturated carbocycles. The van der Waals surface area contributed by atoms with Gasteiger partial charge in [0.15, 0.2) is 5.69 Å². The highest BCUT2D eigenvalue weighted by atomic mass is 16.5. The van der Waals surface area contributed by atoms with Crippen LogP contribution in [0.15, 0.2) is 59.2 Å². The number of hydrogen-bond donors (Lipinski definition) is 2. The maximum Gasteiger partial charge on any atom is 0.407 e. The first-order valence-corrected chi connectivity index (χ1v) is 10.4. The molecule has 2 N–H and O–H groups in total. The third-order valence-electron chi connectivity index (χ3n) is 5.52. The summed E-state index contributed by atoms with van der Waals surface area (Å²) in [7, 11) is 0. The number of carbonyl (C=O) groups excluding carboxylic acids is 1. The molecule has 0 radical (unpaired) electrons. The molecule has 0 bridgehead atoms. The van der Waals surface area contributed by atoms with E-state index in [-0.39, 0.29) is 24.1 Å². The predicted octanol–water partition coefficient (Wildman–Crippen LogP) is 5.14. The van der Waals surface area contributed by atoms with Crippen LogP contribution in [0.2, 0.25) is 0 Å².